The zero-order valence-electron chi connectivity index (χ0n) is 17.2. The van der Waals surface area contributed by atoms with E-state index in [0.29, 0.717) is 12.0 Å². The second kappa shape index (κ2) is 9.52. The van der Waals surface area contributed by atoms with Gasteiger partial charge in [-0.2, -0.15) is 4.31 Å². The molecule has 1 N–H and O–H groups in total. The van der Waals surface area contributed by atoms with Crippen molar-refractivity contribution in [1.82, 2.24) is 9.62 Å². The van der Waals surface area contributed by atoms with Crippen LogP contribution in [-0.2, 0) is 27.8 Å². The number of amides is 1. The SMILES string of the molecule is O=C(CC1c2ccccc2CCN1S(=O)(=O)c1ccc(Br)cc1)NCc1ccccc1F. The van der Waals surface area contributed by atoms with Gasteiger partial charge in [-0.3, -0.25) is 4.79 Å². The van der Waals surface area contributed by atoms with Gasteiger partial charge in [0.05, 0.1) is 10.9 Å². The molecule has 8 heteroatoms. The fourth-order valence-electron chi connectivity index (χ4n) is 3.95. The molecular weight excluding hydrogens is 495 g/mol. The molecule has 0 saturated heterocycles. The maximum Gasteiger partial charge on any atom is 0.243 e. The number of halogens is 2. The lowest BCUT2D eigenvalue weighted by Gasteiger charge is -2.36. The Morgan fingerprint density at radius 1 is 1.03 bits per heavy atom. The third kappa shape index (κ3) is 4.77. The number of carbonyl (C=O) groups excluding carboxylic acids is 1. The first-order valence-corrected chi connectivity index (χ1v) is 12.4. The smallest absolute Gasteiger partial charge is 0.243 e. The number of hydrogen-bond donors (Lipinski definition) is 1. The first kappa shape index (κ1) is 22.6. The van der Waals surface area contributed by atoms with Gasteiger partial charge < -0.3 is 5.32 Å². The molecule has 166 valence electrons. The maximum atomic E-state index is 13.9. The van der Waals surface area contributed by atoms with E-state index in [2.05, 4.69) is 21.2 Å². The molecule has 1 aliphatic rings. The number of hydrogen-bond acceptors (Lipinski definition) is 3. The molecule has 0 bridgehead atoms. The van der Waals surface area contributed by atoms with Crippen molar-refractivity contribution in [2.75, 3.05) is 6.54 Å². The minimum Gasteiger partial charge on any atom is -0.352 e. The molecule has 3 aromatic carbocycles. The lowest BCUT2D eigenvalue weighted by Crippen LogP contribution is -2.42. The Kier molecular flexibility index (Phi) is 6.74. The van der Waals surface area contributed by atoms with Crippen molar-refractivity contribution in [2.24, 2.45) is 0 Å². The van der Waals surface area contributed by atoms with Crippen LogP contribution in [0.5, 0.6) is 0 Å². The summed E-state index contributed by atoms with van der Waals surface area (Å²) in [4.78, 5) is 13.0. The number of rotatable bonds is 6. The summed E-state index contributed by atoms with van der Waals surface area (Å²) in [6, 6.07) is 19.6. The highest BCUT2D eigenvalue weighted by molar-refractivity contribution is 9.10. The Labute approximate surface area is 195 Å². The summed E-state index contributed by atoms with van der Waals surface area (Å²) in [5.74, 6) is -0.735. The summed E-state index contributed by atoms with van der Waals surface area (Å²) in [5.41, 5.74) is 2.23. The van der Waals surface area contributed by atoms with E-state index in [1.54, 1.807) is 42.5 Å². The molecule has 1 aliphatic heterocycles. The topological polar surface area (TPSA) is 66.5 Å². The second-order valence-electron chi connectivity index (χ2n) is 7.61. The van der Waals surface area contributed by atoms with Gasteiger partial charge in [0, 0.05) is 29.5 Å². The highest BCUT2D eigenvalue weighted by atomic mass is 79.9. The number of fused-ring (bicyclic) bond motifs is 1. The van der Waals surface area contributed by atoms with Crippen LogP contribution in [0.25, 0.3) is 0 Å². The van der Waals surface area contributed by atoms with Crippen molar-refractivity contribution < 1.29 is 17.6 Å². The summed E-state index contributed by atoms with van der Waals surface area (Å²) in [6.45, 7) is 0.319. The van der Waals surface area contributed by atoms with Crippen LogP contribution in [0.2, 0.25) is 0 Å². The Morgan fingerprint density at radius 2 is 1.72 bits per heavy atom. The van der Waals surface area contributed by atoms with Crippen LogP contribution < -0.4 is 5.32 Å². The van der Waals surface area contributed by atoms with Gasteiger partial charge in [-0.25, -0.2) is 12.8 Å². The average Bonchev–Trinajstić information content (AvgIpc) is 2.79. The molecule has 1 heterocycles. The molecular formula is C24H22BrFN2O3S. The highest BCUT2D eigenvalue weighted by Gasteiger charge is 2.37. The highest BCUT2D eigenvalue weighted by Crippen LogP contribution is 2.36. The lowest BCUT2D eigenvalue weighted by molar-refractivity contribution is -0.122. The third-order valence-electron chi connectivity index (χ3n) is 5.60. The molecule has 1 atom stereocenters. The molecule has 0 fully saturated rings. The first-order valence-electron chi connectivity index (χ1n) is 10.2. The van der Waals surface area contributed by atoms with Gasteiger partial charge in [0.2, 0.25) is 15.9 Å². The van der Waals surface area contributed by atoms with Crippen LogP contribution in [0.4, 0.5) is 4.39 Å². The van der Waals surface area contributed by atoms with E-state index in [9.17, 15) is 17.6 Å². The number of benzene rings is 3. The Hall–Kier alpha value is -2.55. The fraction of sp³-hybridized carbons (Fsp3) is 0.208. The molecule has 1 unspecified atom stereocenters. The van der Waals surface area contributed by atoms with Gasteiger partial charge >= 0.3 is 0 Å². The largest absolute Gasteiger partial charge is 0.352 e. The predicted octanol–water partition coefficient (Wildman–Crippen LogP) is 4.58. The molecule has 3 aromatic rings. The Bertz CT molecular complexity index is 1230. The van der Waals surface area contributed by atoms with Crippen molar-refractivity contribution in [3.05, 3.63) is 99.8 Å². The van der Waals surface area contributed by atoms with Crippen molar-refractivity contribution >= 4 is 31.9 Å². The summed E-state index contributed by atoms with van der Waals surface area (Å²) in [7, 11) is -3.82. The number of sulfonamides is 1. The molecule has 0 spiro atoms. The van der Waals surface area contributed by atoms with E-state index in [1.807, 2.05) is 24.3 Å². The molecule has 32 heavy (non-hydrogen) atoms. The zero-order chi connectivity index (χ0) is 22.7. The van der Waals surface area contributed by atoms with Crippen molar-refractivity contribution in [3.63, 3.8) is 0 Å². The van der Waals surface area contributed by atoms with Gasteiger partial charge in [-0.15, -0.1) is 0 Å². The van der Waals surface area contributed by atoms with Crippen LogP contribution in [0, 0.1) is 5.82 Å². The fourth-order valence-corrected chi connectivity index (χ4v) is 5.82. The van der Waals surface area contributed by atoms with E-state index < -0.39 is 21.9 Å². The van der Waals surface area contributed by atoms with Gasteiger partial charge in [0.1, 0.15) is 5.82 Å². The summed E-state index contributed by atoms with van der Waals surface area (Å²) >= 11 is 3.33. The van der Waals surface area contributed by atoms with E-state index in [-0.39, 0.29) is 30.3 Å². The van der Waals surface area contributed by atoms with Crippen molar-refractivity contribution in [3.8, 4) is 0 Å². The van der Waals surface area contributed by atoms with Crippen molar-refractivity contribution in [2.45, 2.75) is 30.3 Å². The molecule has 0 aliphatic carbocycles. The minimum atomic E-state index is -3.82. The van der Waals surface area contributed by atoms with Gasteiger partial charge in [-0.1, -0.05) is 58.4 Å². The average molecular weight is 517 g/mol. The molecule has 4 rings (SSSR count). The molecule has 0 radical (unpaired) electrons. The standard InChI is InChI=1S/C24H22BrFN2O3S/c25-19-9-11-20(12-10-19)32(30,31)28-14-13-17-5-1-3-7-21(17)23(28)15-24(29)27-16-18-6-2-4-8-22(18)26/h1-12,23H,13-16H2,(H,27,29). The Morgan fingerprint density at radius 3 is 2.47 bits per heavy atom. The van der Waals surface area contributed by atoms with E-state index >= 15 is 0 Å². The minimum absolute atomic E-state index is 0.0410. The number of nitrogens with zero attached hydrogens (tertiary/aromatic N) is 1. The lowest BCUT2D eigenvalue weighted by atomic mass is 9.92. The predicted molar refractivity (Wildman–Crippen MR) is 124 cm³/mol. The van der Waals surface area contributed by atoms with Crippen molar-refractivity contribution in [1.29, 1.82) is 0 Å². The van der Waals surface area contributed by atoms with E-state index in [0.717, 1.165) is 15.6 Å². The third-order valence-corrected chi connectivity index (χ3v) is 8.05. The summed E-state index contributed by atoms with van der Waals surface area (Å²) in [5, 5.41) is 2.73. The normalized spacial score (nSPS) is 16.4. The molecule has 5 nitrogen and oxygen atoms in total. The summed E-state index contributed by atoms with van der Waals surface area (Å²) < 4.78 is 43.0. The van der Waals surface area contributed by atoms with E-state index in [4.69, 9.17) is 0 Å². The molecule has 0 aromatic heterocycles. The van der Waals surface area contributed by atoms with Gasteiger partial charge in [0.15, 0.2) is 0 Å². The quantitative estimate of drug-likeness (QED) is 0.521. The zero-order valence-corrected chi connectivity index (χ0v) is 19.6. The van der Waals surface area contributed by atoms with Crippen LogP contribution in [-0.4, -0.2) is 25.2 Å². The molecule has 0 saturated carbocycles. The van der Waals surface area contributed by atoms with Crippen LogP contribution in [0.3, 0.4) is 0 Å². The number of nitrogens with one attached hydrogen (secondary N) is 1. The first-order chi connectivity index (χ1) is 15.4. The second-order valence-corrected chi connectivity index (χ2v) is 10.4. The van der Waals surface area contributed by atoms with Crippen LogP contribution >= 0.6 is 15.9 Å². The van der Waals surface area contributed by atoms with Crippen LogP contribution in [0.15, 0.2) is 82.2 Å². The Balaban J connectivity index is 1.60. The van der Waals surface area contributed by atoms with Gasteiger partial charge in [-0.05, 0) is 47.9 Å². The van der Waals surface area contributed by atoms with E-state index in [1.165, 1.54) is 10.4 Å². The monoisotopic (exact) mass is 516 g/mol. The summed E-state index contributed by atoms with van der Waals surface area (Å²) in [6.07, 6.45) is 0.514. The van der Waals surface area contributed by atoms with Crippen LogP contribution in [0.1, 0.15) is 29.2 Å². The number of carbonyl (C=O) groups is 1. The maximum absolute atomic E-state index is 13.9. The molecule has 1 amide bonds. The van der Waals surface area contributed by atoms with Gasteiger partial charge in [0.25, 0.3) is 0 Å².